The molecule has 1 aromatic carbocycles. The summed E-state index contributed by atoms with van der Waals surface area (Å²) in [6, 6.07) is 7.50. The molecule has 1 aliphatic rings. The molecule has 21 heavy (non-hydrogen) atoms. The Labute approximate surface area is 130 Å². The van der Waals surface area contributed by atoms with Gasteiger partial charge >= 0.3 is 0 Å². The van der Waals surface area contributed by atoms with Crippen molar-refractivity contribution in [2.45, 2.75) is 66.0 Å². The lowest BCUT2D eigenvalue weighted by Crippen LogP contribution is -2.37. The molecule has 2 heteroatoms. The number of nitrogens with zero attached hydrogens (tertiary/aromatic N) is 1. The number of fused-ring (bicyclic) bond motifs is 1. The first-order valence-corrected chi connectivity index (χ1v) is 8.74. The summed E-state index contributed by atoms with van der Waals surface area (Å²) in [6.07, 6.45) is 4.99. The average molecular weight is 288 g/mol. The van der Waals surface area contributed by atoms with Crippen molar-refractivity contribution in [2.24, 2.45) is 5.92 Å². The predicted molar refractivity (Wildman–Crippen MR) is 92.9 cm³/mol. The molecule has 0 aliphatic carbocycles. The van der Waals surface area contributed by atoms with E-state index in [1.165, 1.54) is 43.5 Å². The molecule has 0 fully saturated rings. The van der Waals surface area contributed by atoms with E-state index in [2.05, 4.69) is 56.1 Å². The summed E-state index contributed by atoms with van der Waals surface area (Å²) >= 11 is 0. The zero-order chi connectivity index (χ0) is 15.2. The molecule has 118 valence electrons. The number of rotatable bonds is 7. The number of anilines is 1. The molecule has 2 nitrogen and oxygen atoms in total. The van der Waals surface area contributed by atoms with Crippen molar-refractivity contribution in [1.29, 1.82) is 0 Å². The highest BCUT2D eigenvalue weighted by molar-refractivity contribution is 5.56. The van der Waals surface area contributed by atoms with Crippen LogP contribution in [0.4, 0.5) is 5.69 Å². The SMILES string of the molecule is CCC(CC)N(Cc1cccc2c1CCCN2)CC(C)C. The van der Waals surface area contributed by atoms with E-state index in [0.717, 1.165) is 19.0 Å². The van der Waals surface area contributed by atoms with Gasteiger partial charge in [0.2, 0.25) is 0 Å². The molecule has 0 saturated carbocycles. The molecule has 1 aliphatic heterocycles. The lowest BCUT2D eigenvalue weighted by atomic mass is 9.96. The summed E-state index contributed by atoms with van der Waals surface area (Å²) in [4.78, 5) is 2.70. The molecule has 0 radical (unpaired) electrons. The van der Waals surface area contributed by atoms with E-state index >= 15 is 0 Å². The van der Waals surface area contributed by atoms with E-state index in [4.69, 9.17) is 0 Å². The van der Waals surface area contributed by atoms with Crippen molar-refractivity contribution >= 4 is 5.69 Å². The van der Waals surface area contributed by atoms with Crippen LogP contribution in [0.5, 0.6) is 0 Å². The predicted octanol–water partition coefficient (Wildman–Crippen LogP) is 4.69. The molecular weight excluding hydrogens is 256 g/mol. The van der Waals surface area contributed by atoms with Crippen LogP contribution in [0, 0.1) is 5.92 Å². The highest BCUT2D eigenvalue weighted by atomic mass is 15.2. The van der Waals surface area contributed by atoms with Gasteiger partial charge in [0.15, 0.2) is 0 Å². The van der Waals surface area contributed by atoms with Gasteiger partial charge in [0.25, 0.3) is 0 Å². The Morgan fingerprint density at radius 1 is 1.19 bits per heavy atom. The van der Waals surface area contributed by atoms with Crippen LogP contribution in [-0.2, 0) is 13.0 Å². The van der Waals surface area contributed by atoms with Crippen LogP contribution in [0.3, 0.4) is 0 Å². The van der Waals surface area contributed by atoms with Crippen LogP contribution in [0.15, 0.2) is 18.2 Å². The quantitative estimate of drug-likeness (QED) is 0.783. The Kier molecular flexibility index (Phi) is 6.10. The third-order valence-electron chi connectivity index (χ3n) is 4.62. The zero-order valence-electron chi connectivity index (χ0n) is 14.3. The lowest BCUT2D eigenvalue weighted by Gasteiger charge is -2.33. The monoisotopic (exact) mass is 288 g/mol. The van der Waals surface area contributed by atoms with Gasteiger partial charge in [-0.1, -0.05) is 39.8 Å². The third-order valence-corrected chi connectivity index (χ3v) is 4.62. The fraction of sp³-hybridized carbons (Fsp3) is 0.684. The van der Waals surface area contributed by atoms with Crippen LogP contribution in [0.2, 0.25) is 0 Å². The molecule has 1 N–H and O–H groups in total. The largest absolute Gasteiger partial charge is 0.385 e. The fourth-order valence-corrected chi connectivity index (χ4v) is 3.57. The summed E-state index contributed by atoms with van der Waals surface area (Å²) in [7, 11) is 0. The molecule has 0 bridgehead atoms. The Bertz CT molecular complexity index is 435. The maximum absolute atomic E-state index is 3.56. The van der Waals surface area contributed by atoms with Crippen LogP contribution in [0.25, 0.3) is 0 Å². The van der Waals surface area contributed by atoms with Crippen molar-refractivity contribution < 1.29 is 0 Å². The molecule has 1 aromatic rings. The summed E-state index contributed by atoms with van der Waals surface area (Å²) < 4.78 is 0. The van der Waals surface area contributed by atoms with Gasteiger partial charge in [0.05, 0.1) is 0 Å². The van der Waals surface area contributed by atoms with E-state index in [1.807, 2.05) is 0 Å². The van der Waals surface area contributed by atoms with Crippen molar-refractivity contribution in [3.8, 4) is 0 Å². The molecule has 0 atom stereocenters. The topological polar surface area (TPSA) is 15.3 Å². The van der Waals surface area contributed by atoms with Crippen LogP contribution < -0.4 is 5.32 Å². The number of hydrogen-bond donors (Lipinski definition) is 1. The third kappa shape index (κ3) is 4.23. The highest BCUT2D eigenvalue weighted by Gasteiger charge is 2.19. The first kappa shape index (κ1) is 16.4. The number of hydrogen-bond acceptors (Lipinski definition) is 2. The Morgan fingerprint density at radius 2 is 1.95 bits per heavy atom. The van der Waals surface area contributed by atoms with Crippen molar-refractivity contribution in [3.63, 3.8) is 0 Å². The van der Waals surface area contributed by atoms with Crippen molar-refractivity contribution in [1.82, 2.24) is 4.90 Å². The maximum atomic E-state index is 3.56. The number of nitrogens with one attached hydrogen (secondary N) is 1. The maximum Gasteiger partial charge on any atom is 0.0375 e. The minimum Gasteiger partial charge on any atom is -0.385 e. The molecule has 1 heterocycles. The minimum atomic E-state index is 0.708. The van der Waals surface area contributed by atoms with Gasteiger partial charge in [-0.05, 0) is 48.8 Å². The number of benzene rings is 1. The molecule has 2 rings (SSSR count). The average Bonchev–Trinajstić information content (AvgIpc) is 2.48. The van der Waals surface area contributed by atoms with Gasteiger partial charge in [0.1, 0.15) is 0 Å². The summed E-state index contributed by atoms with van der Waals surface area (Å²) in [5.41, 5.74) is 4.46. The van der Waals surface area contributed by atoms with Gasteiger partial charge in [0, 0.05) is 31.4 Å². The van der Waals surface area contributed by atoms with Gasteiger partial charge in [-0.3, -0.25) is 4.90 Å². The molecule has 0 aromatic heterocycles. The van der Waals surface area contributed by atoms with Crippen LogP contribution >= 0.6 is 0 Å². The highest BCUT2D eigenvalue weighted by Crippen LogP contribution is 2.27. The van der Waals surface area contributed by atoms with E-state index in [0.29, 0.717) is 6.04 Å². The van der Waals surface area contributed by atoms with Gasteiger partial charge < -0.3 is 5.32 Å². The van der Waals surface area contributed by atoms with E-state index in [9.17, 15) is 0 Å². The summed E-state index contributed by atoms with van der Waals surface area (Å²) in [6.45, 7) is 12.7. The zero-order valence-corrected chi connectivity index (χ0v) is 14.3. The normalized spacial score (nSPS) is 14.6. The standard InChI is InChI=1S/C19H32N2/c1-5-17(6-2)21(13-15(3)4)14-16-9-7-11-19-18(16)10-8-12-20-19/h7,9,11,15,17,20H,5-6,8,10,12-14H2,1-4H3. The Balaban J connectivity index is 2.19. The summed E-state index contributed by atoms with van der Waals surface area (Å²) in [5.74, 6) is 0.725. The van der Waals surface area contributed by atoms with Gasteiger partial charge in [-0.2, -0.15) is 0 Å². The second kappa shape index (κ2) is 7.84. The van der Waals surface area contributed by atoms with E-state index in [-0.39, 0.29) is 0 Å². The summed E-state index contributed by atoms with van der Waals surface area (Å²) in [5, 5.41) is 3.56. The second-order valence-corrected chi connectivity index (χ2v) is 6.77. The minimum absolute atomic E-state index is 0.708. The fourth-order valence-electron chi connectivity index (χ4n) is 3.57. The van der Waals surface area contributed by atoms with Gasteiger partial charge in [-0.15, -0.1) is 0 Å². The lowest BCUT2D eigenvalue weighted by molar-refractivity contribution is 0.157. The molecule has 0 amide bonds. The first-order valence-electron chi connectivity index (χ1n) is 8.74. The molecular formula is C19H32N2. The van der Waals surface area contributed by atoms with Crippen molar-refractivity contribution in [2.75, 3.05) is 18.4 Å². The molecule has 0 unspecified atom stereocenters. The second-order valence-electron chi connectivity index (χ2n) is 6.77. The van der Waals surface area contributed by atoms with E-state index < -0.39 is 0 Å². The first-order chi connectivity index (χ1) is 10.2. The van der Waals surface area contributed by atoms with Crippen LogP contribution in [-0.4, -0.2) is 24.0 Å². The van der Waals surface area contributed by atoms with E-state index in [1.54, 1.807) is 5.56 Å². The smallest absolute Gasteiger partial charge is 0.0375 e. The molecule has 0 saturated heterocycles. The Hall–Kier alpha value is -1.02. The van der Waals surface area contributed by atoms with Crippen LogP contribution in [0.1, 0.15) is 58.1 Å². The molecule has 0 spiro atoms. The van der Waals surface area contributed by atoms with Crippen molar-refractivity contribution in [3.05, 3.63) is 29.3 Å². The Morgan fingerprint density at radius 3 is 2.62 bits per heavy atom. The van der Waals surface area contributed by atoms with Gasteiger partial charge in [-0.25, -0.2) is 0 Å².